The van der Waals surface area contributed by atoms with E-state index in [0.29, 0.717) is 0 Å². The number of carbonyl (C=O) groups is 1. The molecule has 21 heavy (non-hydrogen) atoms. The fourth-order valence-electron chi connectivity index (χ4n) is 0.972. The SMILES string of the molecule is CC(C)(C)[Si](C)(C)OC(=O)/C(=C/Br)O[Si](C)(C)C(C)(C)C. The second kappa shape index (κ2) is 6.58. The second-order valence-corrected chi connectivity index (χ2v) is 18.4. The molecule has 0 aromatic carbocycles. The molecule has 0 radical (unpaired) electrons. The van der Waals surface area contributed by atoms with Gasteiger partial charge in [0.1, 0.15) is 0 Å². The van der Waals surface area contributed by atoms with Crippen molar-refractivity contribution in [3.63, 3.8) is 0 Å². The number of hydrogen-bond acceptors (Lipinski definition) is 3. The smallest absolute Gasteiger partial charge is 0.359 e. The summed E-state index contributed by atoms with van der Waals surface area (Å²) in [5.74, 6) is -0.0743. The van der Waals surface area contributed by atoms with Crippen LogP contribution in [-0.4, -0.2) is 22.6 Å². The molecule has 0 unspecified atom stereocenters. The summed E-state index contributed by atoms with van der Waals surface area (Å²) in [6.07, 6.45) is 0. The van der Waals surface area contributed by atoms with Gasteiger partial charge in [-0.2, -0.15) is 0 Å². The molecule has 0 heterocycles. The molecule has 0 aromatic heterocycles. The number of halogens is 1. The van der Waals surface area contributed by atoms with Crippen molar-refractivity contribution in [2.45, 2.75) is 77.8 Å². The lowest BCUT2D eigenvalue weighted by molar-refractivity contribution is -0.133. The highest BCUT2D eigenvalue weighted by Crippen LogP contribution is 2.40. The second-order valence-electron chi connectivity index (χ2n) is 8.49. The number of carbonyl (C=O) groups excluding carboxylic acids is 1. The summed E-state index contributed by atoms with van der Waals surface area (Å²) in [5.41, 5.74) is 0. The van der Waals surface area contributed by atoms with Crippen LogP contribution in [0.4, 0.5) is 0 Å². The summed E-state index contributed by atoms with van der Waals surface area (Å²) in [4.78, 5) is 14.0. The highest BCUT2D eigenvalue weighted by Gasteiger charge is 2.43. The summed E-state index contributed by atoms with van der Waals surface area (Å²) in [5, 5.41) is 0.0164. The molecule has 0 saturated heterocycles. The van der Waals surface area contributed by atoms with Crippen LogP contribution in [0.15, 0.2) is 10.7 Å². The van der Waals surface area contributed by atoms with E-state index in [1.165, 1.54) is 0 Å². The van der Waals surface area contributed by atoms with Crippen LogP contribution in [-0.2, 0) is 13.6 Å². The maximum absolute atomic E-state index is 12.5. The summed E-state index contributed by atoms with van der Waals surface area (Å²) in [6, 6.07) is 0. The molecule has 0 aliphatic rings. The first-order chi connectivity index (χ1) is 9.05. The molecule has 0 bridgehead atoms. The predicted molar refractivity (Wildman–Crippen MR) is 98.6 cm³/mol. The van der Waals surface area contributed by atoms with Crippen LogP contribution in [0.1, 0.15) is 41.5 Å². The summed E-state index contributed by atoms with van der Waals surface area (Å²) < 4.78 is 11.9. The Kier molecular flexibility index (Phi) is 6.56. The van der Waals surface area contributed by atoms with Crippen molar-refractivity contribution in [2.24, 2.45) is 0 Å². The van der Waals surface area contributed by atoms with Crippen molar-refractivity contribution < 1.29 is 13.6 Å². The standard InChI is InChI=1S/C15H31BrO3Si2/c1-14(2,3)20(7,8)18-12(11-16)13(17)19-21(9,10)15(4,5)6/h11H,1-10H3/b12-11-. The van der Waals surface area contributed by atoms with Gasteiger partial charge in [0.25, 0.3) is 16.6 Å². The lowest BCUT2D eigenvalue weighted by Crippen LogP contribution is -2.45. The molecule has 3 nitrogen and oxygen atoms in total. The highest BCUT2D eigenvalue weighted by molar-refractivity contribution is 9.11. The van der Waals surface area contributed by atoms with Crippen LogP contribution >= 0.6 is 15.9 Å². The summed E-state index contributed by atoms with van der Waals surface area (Å²) >= 11 is 3.24. The minimum Gasteiger partial charge on any atom is -0.538 e. The molecule has 0 spiro atoms. The van der Waals surface area contributed by atoms with Crippen LogP contribution in [0, 0.1) is 0 Å². The van der Waals surface area contributed by atoms with Crippen molar-refractivity contribution in [1.82, 2.24) is 0 Å². The Balaban J connectivity index is 5.15. The molecular formula is C15H31BrO3Si2. The minimum atomic E-state index is -2.14. The molecule has 0 saturated carbocycles. The Hall–Kier alpha value is -0.0762. The molecule has 0 aliphatic heterocycles. The predicted octanol–water partition coefficient (Wildman–Crippen LogP) is 5.79. The van der Waals surface area contributed by atoms with Gasteiger partial charge in [-0.25, -0.2) is 4.79 Å². The molecule has 6 heteroatoms. The van der Waals surface area contributed by atoms with Crippen LogP contribution in [0.2, 0.25) is 36.3 Å². The number of rotatable bonds is 4. The Morgan fingerprint density at radius 2 is 1.19 bits per heavy atom. The van der Waals surface area contributed by atoms with Gasteiger partial charge < -0.3 is 8.85 Å². The van der Waals surface area contributed by atoms with Crippen molar-refractivity contribution >= 4 is 38.5 Å². The monoisotopic (exact) mass is 394 g/mol. The first-order valence-electron chi connectivity index (χ1n) is 7.28. The lowest BCUT2D eigenvalue weighted by Gasteiger charge is -2.38. The molecule has 0 amide bonds. The highest BCUT2D eigenvalue weighted by atomic mass is 79.9. The normalized spacial score (nSPS) is 14.9. The van der Waals surface area contributed by atoms with Crippen LogP contribution in [0.25, 0.3) is 0 Å². The average molecular weight is 395 g/mol. The van der Waals surface area contributed by atoms with Gasteiger partial charge in [-0.05, 0) is 36.3 Å². The third kappa shape index (κ3) is 5.56. The lowest BCUT2D eigenvalue weighted by atomic mass is 10.2. The van der Waals surface area contributed by atoms with Crippen LogP contribution in [0.5, 0.6) is 0 Å². The van der Waals surface area contributed by atoms with Gasteiger partial charge in [-0.3, -0.25) is 0 Å². The van der Waals surface area contributed by atoms with Crippen molar-refractivity contribution in [3.05, 3.63) is 10.7 Å². The fourth-order valence-corrected chi connectivity index (χ4v) is 3.29. The minimum absolute atomic E-state index is 0.0168. The molecule has 0 rings (SSSR count). The van der Waals surface area contributed by atoms with Gasteiger partial charge >= 0.3 is 5.97 Å². The van der Waals surface area contributed by atoms with E-state index >= 15 is 0 Å². The maximum Gasteiger partial charge on any atom is 0.359 e. The van der Waals surface area contributed by atoms with E-state index in [4.69, 9.17) is 8.85 Å². The summed E-state index contributed by atoms with van der Waals surface area (Å²) in [7, 11) is -4.20. The first kappa shape index (κ1) is 20.9. The first-order valence-corrected chi connectivity index (χ1v) is 14.0. The zero-order chi connectivity index (χ0) is 17.3. The quantitative estimate of drug-likeness (QED) is 0.343. The van der Waals surface area contributed by atoms with Gasteiger partial charge in [0.15, 0.2) is 5.76 Å². The van der Waals surface area contributed by atoms with E-state index < -0.39 is 16.6 Å². The maximum atomic E-state index is 12.5. The van der Waals surface area contributed by atoms with Gasteiger partial charge in [-0.15, -0.1) is 0 Å². The molecule has 0 fully saturated rings. The van der Waals surface area contributed by atoms with Gasteiger partial charge in [0, 0.05) is 4.99 Å². The van der Waals surface area contributed by atoms with E-state index in [9.17, 15) is 4.79 Å². The zero-order valence-corrected chi connectivity index (χ0v) is 18.8. The Morgan fingerprint density at radius 3 is 1.48 bits per heavy atom. The van der Waals surface area contributed by atoms with Crippen LogP contribution < -0.4 is 0 Å². The van der Waals surface area contributed by atoms with Crippen molar-refractivity contribution in [1.29, 1.82) is 0 Å². The third-order valence-electron chi connectivity index (χ3n) is 4.63. The van der Waals surface area contributed by atoms with Crippen molar-refractivity contribution in [2.75, 3.05) is 0 Å². The molecule has 0 aliphatic carbocycles. The largest absolute Gasteiger partial charge is 0.538 e. The zero-order valence-electron chi connectivity index (χ0n) is 15.2. The van der Waals surface area contributed by atoms with E-state index in [1.807, 2.05) is 0 Å². The topological polar surface area (TPSA) is 35.5 Å². The molecular weight excluding hydrogens is 364 g/mol. The molecule has 0 atom stereocenters. The Bertz CT molecular complexity index is 416. The summed E-state index contributed by atoms with van der Waals surface area (Å²) in [6.45, 7) is 21.1. The van der Waals surface area contributed by atoms with Crippen molar-refractivity contribution in [3.8, 4) is 0 Å². The van der Waals surface area contributed by atoms with E-state index in [2.05, 4.69) is 83.7 Å². The van der Waals surface area contributed by atoms with E-state index in [1.54, 1.807) is 4.99 Å². The fraction of sp³-hybridized carbons (Fsp3) is 0.800. The van der Waals surface area contributed by atoms with Gasteiger partial charge in [0.05, 0.1) is 0 Å². The van der Waals surface area contributed by atoms with Gasteiger partial charge in [-0.1, -0.05) is 57.5 Å². The van der Waals surface area contributed by atoms with E-state index in [0.717, 1.165) is 0 Å². The average Bonchev–Trinajstić information content (AvgIpc) is 2.21. The van der Waals surface area contributed by atoms with Crippen LogP contribution in [0.3, 0.4) is 0 Å². The molecule has 0 N–H and O–H groups in total. The number of hydrogen-bond donors (Lipinski definition) is 0. The Labute approximate surface area is 140 Å². The Morgan fingerprint density at radius 1 is 0.857 bits per heavy atom. The van der Waals surface area contributed by atoms with Gasteiger partial charge in [0.2, 0.25) is 0 Å². The third-order valence-corrected chi connectivity index (χ3v) is 13.7. The van der Waals surface area contributed by atoms with E-state index in [-0.39, 0.29) is 21.8 Å². The molecule has 124 valence electrons. The molecule has 0 aromatic rings.